The van der Waals surface area contributed by atoms with E-state index in [1.807, 2.05) is 30.9 Å². The fourth-order valence-electron chi connectivity index (χ4n) is 2.76. The lowest BCUT2D eigenvalue weighted by atomic mass is 10.1. The molecule has 8 nitrogen and oxygen atoms in total. The minimum absolute atomic E-state index is 0.0227. The molecule has 3 heterocycles. The van der Waals surface area contributed by atoms with E-state index in [4.69, 9.17) is 4.74 Å². The van der Waals surface area contributed by atoms with Crippen molar-refractivity contribution in [2.24, 2.45) is 12.0 Å². The number of nitrogens with zero attached hydrogens (tertiary/aromatic N) is 5. The molecule has 1 aliphatic rings. The van der Waals surface area contributed by atoms with Gasteiger partial charge in [0.05, 0.1) is 6.20 Å². The number of hydrogen-bond donors (Lipinski definition) is 2. The molecule has 0 saturated heterocycles. The van der Waals surface area contributed by atoms with Crippen LogP contribution >= 0.6 is 0 Å². The highest BCUT2D eigenvalue weighted by Gasteiger charge is 2.22. The summed E-state index contributed by atoms with van der Waals surface area (Å²) in [5.74, 6) is 1.88. The van der Waals surface area contributed by atoms with Gasteiger partial charge in [0.1, 0.15) is 18.3 Å². The number of aryl methyl sites for hydroxylation is 2. The molecule has 2 aromatic heterocycles. The first kappa shape index (κ1) is 18.3. The van der Waals surface area contributed by atoms with Gasteiger partial charge in [0, 0.05) is 31.6 Å². The van der Waals surface area contributed by atoms with Gasteiger partial charge >= 0.3 is 0 Å². The van der Waals surface area contributed by atoms with Crippen molar-refractivity contribution in [3.05, 3.63) is 29.5 Å². The van der Waals surface area contributed by atoms with Crippen molar-refractivity contribution < 1.29 is 9.84 Å². The fraction of sp³-hybridized carbons (Fsp3) is 0.556. The molecule has 0 saturated carbocycles. The van der Waals surface area contributed by atoms with Crippen molar-refractivity contribution in [2.45, 2.75) is 51.8 Å². The highest BCUT2D eigenvalue weighted by atomic mass is 16.5. The van der Waals surface area contributed by atoms with E-state index in [0.717, 1.165) is 24.2 Å². The highest BCUT2D eigenvalue weighted by Crippen LogP contribution is 2.28. The van der Waals surface area contributed by atoms with E-state index in [-0.39, 0.29) is 18.7 Å². The average molecular weight is 358 g/mol. The summed E-state index contributed by atoms with van der Waals surface area (Å²) in [5.41, 5.74) is 1.93. The average Bonchev–Trinajstić information content (AvgIpc) is 3.41. The van der Waals surface area contributed by atoms with Gasteiger partial charge in [0.25, 0.3) is 0 Å². The fourth-order valence-corrected chi connectivity index (χ4v) is 2.76. The second kappa shape index (κ2) is 8.27. The van der Waals surface area contributed by atoms with Gasteiger partial charge in [-0.3, -0.25) is 9.67 Å². The molecule has 2 atom stereocenters. The highest BCUT2D eigenvalue weighted by molar-refractivity contribution is 5.78. The van der Waals surface area contributed by atoms with Gasteiger partial charge in [-0.15, -0.1) is 0 Å². The van der Waals surface area contributed by atoms with Crippen LogP contribution in [-0.4, -0.2) is 43.7 Å². The number of aliphatic hydroxyl groups is 1. The topological polar surface area (TPSA) is 97.5 Å². The summed E-state index contributed by atoms with van der Waals surface area (Å²) in [6.07, 6.45) is 6.12. The monoisotopic (exact) mass is 358 g/mol. The van der Waals surface area contributed by atoms with Crippen LogP contribution in [0.25, 0.3) is 0 Å². The summed E-state index contributed by atoms with van der Waals surface area (Å²) in [7, 11) is 1.91. The molecule has 0 spiro atoms. The van der Waals surface area contributed by atoms with Gasteiger partial charge in [-0.25, -0.2) is 9.97 Å². The van der Waals surface area contributed by atoms with Crippen LogP contribution in [0.4, 0.5) is 5.82 Å². The van der Waals surface area contributed by atoms with Crippen LogP contribution in [0.5, 0.6) is 5.75 Å². The quantitative estimate of drug-likeness (QED) is 0.676. The number of hydrogen-bond acceptors (Lipinski definition) is 7. The van der Waals surface area contributed by atoms with Crippen molar-refractivity contribution in [3.63, 3.8) is 0 Å². The third-order valence-corrected chi connectivity index (χ3v) is 4.33. The lowest BCUT2D eigenvalue weighted by molar-refractivity contribution is 0.275. The van der Waals surface area contributed by atoms with E-state index < -0.39 is 0 Å². The van der Waals surface area contributed by atoms with E-state index in [2.05, 4.69) is 32.3 Å². The Hall–Kier alpha value is -2.48. The smallest absolute Gasteiger partial charge is 0.180 e. The van der Waals surface area contributed by atoms with Crippen molar-refractivity contribution in [2.75, 3.05) is 11.9 Å². The molecule has 0 amide bonds. The molecule has 140 valence electrons. The van der Waals surface area contributed by atoms with Gasteiger partial charge in [-0.1, -0.05) is 13.3 Å². The first-order chi connectivity index (χ1) is 12.6. The predicted molar refractivity (Wildman–Crippen MR) is 99.6 cm³/mol. The number of aromatic nitrogens is 4. The van der Waals surface area contributed by atoms with Crippen LogP contribution in [0, 0.1) is 6.92 Å². The molecule has 0 radical (unpaired) electrons. The summed E-state index contributed by atoms with van der Waals surface area (Å²) in [6, 6.07) is 2.10. The molecule has 0 bridgehead atoms. The van der Waals surface area contributed by atoms with Gasteiger partial charge in [-0.05, 0) is 25.8 Å². The number of ether oxygens (including phenoxy) is 1. The lowest BCUT2D eigenvalue weighted by Gasteiger charge is -2.20. The zero-order valence-electron chi connectivity index (χ0n) is 15.5. The Kier molecular flexibility index (Phi) is 5.82. The number of rotatable bonds is 10. The molecule has 1 aliphatic heterocycles. The summed E-state index contributed by atoms with van der Waals surface area (Å²) < 4.78 is 7.76. The summed E-state index contributed by atoms with van der Waals surface area (Å²) >= 11 is 0. The predicted octanol–water partition coefficient (Wildman–Crippen LogP) is 2.19. The Bertz CT molecular complexity index is 742. The van der Waals surface area contributed by atoms with Gasteiger partial charge in [-0.2, -0.15) is 5.10 Å². The maximum Gasteiger partial charge on any atom is 0.180 e. The maximum atomic E-state index is 9.31. The van der Waals surface area contributed by atoms with E-state index in [1.165, 1.54) is 0 Å². The number of aliphatic hydroxyl groups excluding tert-OH is 1. The van der Waals surface area contributed by atoms with Crippen molar-refractivity contribution in [3.8, 4) is 5.75 Å². The first-order valence-electron chi connectivity index (χ1n) is 9.00. The van der Waals surface area contributed by atoms with Crippen LogP contribution < -0.4 is 10.1 Å². The summed E-state index contributed by atoms with van der Waals surface area (Å²) in [6.45, 7) is 4.60. The van der Waals surface area contributed by atoms with Crippen LogP contribution in [0.1, 0.15) is 49.4 Å². The van der Waals surface area contributed by atoms with Crippen LogP contribution in [0.2, 0.25) is 0 Å². The molecule has 0 aromatic carbocycles. The number of nitrogens with one attached hydrogen (secondary N) is 1. The molecule has 3 rings (SSSR count). The lowest BCUT2D eigenvalue weighted by Crippen LogP contribution is -2.22. The molecule has 0 fully saturated rings. The zero-order chi connectivity index (χ0) is 18.5. The molecule has 0 aliphatic carbocycles. The Morgan fingerprint density at radius 2 is 2.19 bits per heavy atom. The summed E-state index contributed by atoms with van der Waals surface area (Å²) in [4.78, 5) is 13.1. The normalized spacial score (nSPS) is 16.5. The third kappa shape index (κ3) is 4.57. The van der Waals surface area contributed by atoms with Crippen molar-refractivity contribution in [1.82, 2.24) is 19.7 Å². The Morgan fingerprint density at radius 1 is 1.38 bits per heavy atom. The standard InChI is InChI=1S/C18H26N6O2/c1-4-5-13(6-7-25)21-18-16(10-20-17(22-18)15-9-19-15)26-11-14-8-12(2)24(3)23-14/h8-10,13,15,25H,4-7,11H2,1-3H3,(H,20,21,22)/t13-,15?/m0/s1. The molecule has 8 heteroatoms. The Labute approximate surface area is 153 Å². The van der Waals surface area contributed by atoms with Gasteiger partial charge < -0.3 is 15.2 Å². The van der Waals surface area contributed by atoms with E-state index in [0.29, 0.717) is 30.4 Å². The molecule has 1 unspecified atom stereocenters. The van der Waals surface area contributed by atoms with Gasteiger partial charge in [0.2, 0.25) is 0 Å². The molecular formula is C18H26N6O2. The number of anilines is 1. The maximum absolute atomic E-state index is 9.31. The second-order valence-corrected chi connectivity index (χ2v) is 6.52. The van der Waals surface area contributed by atoms with E-state index in [9.17, 15) is 5.11 Å². The Balaban J connectivity index is 1.76. The van der Waals surface area contributed by atoms with Gasteiger partial charge in [0.15, 0.2) is 17.4 Å². The Morgan fingerprint density at radius 3 is 2.81 bits per heavy atom. The minimum Gasteiger partial charge on any atom is -0.482 e. The van der Waals surface area contributed by atoms with E-state index >= 15 is 0 Å². The first-order valence-corrected chi connectivity index (χ1v) is 9.00. The van der Waals surface area contributed by atoms with Crippen LogP contribution in [0.3, 0.4) is 0 Å². The minimum atomic E-state index is -0.0227. The van der Waals surface area contributed by atoms with E-state index in [1.54, 1.807) is 6.20 Å². The zero-order valence-corrected chi connectivity index (χ0v) is 15.5. The number of aliphatic imine (C=N–C) groups is 1. The SMILES string of the molecule is CCC[C@@H](CCO)Nc1nc(C2C=N2)ncc1OCc1cc(C)n(C)n1. The molecule has 2 N–H and O–H groups in total. The molecule has 26 heavy (non-hydrogen) atoms. The largest absolute Gasteiger partial charge is 0.482 e. The van der Waals surface area contributed by atoms with Crippen molar-refractivity contribution in [1.29, 1.82) is 0 Å². The second-order valence-electron chi connectivity index (χ2n) is 6.52. The van der Waals surface area contributed by atoms with Crippen LogP contribution in [-0.2, 0) is 13.7 Å². The third-order valence-electron chi connectivity index (χ3n) is 4.33. The molecule has 2 aromatic rings. The van der Waals surface area contributed by atoms with Crippen molar-refractivity contribution >= 4 is 12.0 Å². The summed E-state index contributed by atoms with van der Waals surface area (Å²) in [5, 5.41) is 17.1. The molecular weight excluding hydrogens is 332 g/mol. The van der Waals surface area contributed by atoms with Crippen LogP contribution in [0.15, 0.2) is 17.3 Å².